The second-order valence-corrected chi connectivity index (χ2v) is 5.94. The van der Waals surface area contributed by atoms with Crippen molar-refractivity contribution in [2.75, 3.05) is 7.11 Å². The first-order valence-corrected chi connectivity index (χ1v) is 8.28. The lowest BCUT2D eigenvalue weighted by atomic mass is 10.1. The van der Waals surface area contributed by atoms with Crippen LogP contribution < -0.4 is 15.4 Å². The molecule has 0 aliphatic carbocycles. The van der Waals surface area contributed by atoms with Gasteiger partial charge in [-0.25, -0.2) is 4.79 Å². The molecule has 0 aliphatic rings. The summed E-state index contributed by atoms with van der Waals surface area (Å²) >= 11 is 1.19. The molecular formula is C17H18N4O2S. The summed E-state index contributed by atoms with van der Waals surface area (Å²) in [5.74, 6) is 0.794. The van der Waals surface area contributed by atoms with Crippen LogP contribution in [0.4, 0.5) is 4.79 Å². The summed E-state index contributed by atoms with van der Waals surface area (Å²) in [7, 11) is 1.63. The number of carbonyl (C=O) groups excluding carboxylic acids is 1. The molecule has 2 aromatic carbocycles. The number of nitrogens with zero attached hydrogens (tertiary/aromatic N) is 2. The summed E-state index contributed by atoms with van der Waals surface area (Å²) in [6, 6.07) is 13.1. The summed E-state index contributed by atoms with van der Waals surface area (Å²) in [6.07, 6.45) is 0. The first kappa shape index (κ1) is 16.2. The zero-order valence-electron chi connectivity index (χ0n) is 13.4. The van der Waals surface area contributed by atoms with Gasteiger partial charge < -0.3 is 15.4 Å². The third-order valence-corrected chi connectivity index (χ3v) is 4.29. The topological polar surface area (TPSA) is 76.1 Å². The van der Waals surface area contributed by atoms with Gasteiger partial charge >= 0.3 is 6.03 Å². The number of fused-ring (bicyclic) bond motifs is 1. The fraction of sp³-hybridized carbons (Fsp3) is 0.235. The molecule has 1 atom stereocenters. The average Bonchev–Trinajstić information content (AvgIpc) is 3.07. The van der Waals surface area contributed by atoms with Crippen LogP contribution in [0.25, 0.3) is 11.0 Å². The SMILES string of the molecule is COc1ccc([C@@H](C)NC(=O)NCc2ccc3nsnc3c2)cc1. The number of ether oxygens (including phenoxy) is 1. The molecule has 124 valence electrons. The zero-order valence-corrected chi connectivity index (χ0v) is 14.3. The zero-order chi connectivity index (χ0) is 16.9. The van der Waals surface area contributed by atoms with Gasteiger partial charge in [-0.1, -0.05) is 18.2 Å². The average molecular weight is 342 g/mol. The van der Waals surface area contributed by atoms with Gasteiger partial charge in [0.05, 0.1) is 24.9 Å². The predicted octanol–water partition coefficient (Wildman–Crippen LogP) is 3.26. The Kier molecular flexibility index (Phi) is 4.90. The maximum atomic E-state index is 12.1. The van der Waals surface area contributed by atoms with Crippen LogP contribution in [0.15, 0.2) is 42.5 Å². The second-order valence-electron chi connectivity index (χ2n) is 5.41. The van der Waals surface area contributed by atoms with E-state index in [2.05, 4.69) is 19.4 Å². The molecule has 1 aromatic heterocycles. The van der Waals surface area contributed by atoms with E-state index >= 15 is 0 Å². The highest BCUT2D eigenvalue weighted by Gasteiger charge is 2.09. The van der Waals surface area contributed by atoms with Crippen molar-refractivity contribution in [1.29, 1.82) is 0 Å². The Hall–Kier alpha value is -2.67. The number of hydrogen-bond donors (Lipinski definition) is 2. The number of methoxy groups -OCH3 is 1. The molecule has 2 amide bonds. The van der Waals surface area contributed by atoms with Gasteiger partial charge in [-0.2, -0.15) is 8.75 Å². The number of urea groups is 1. The quantitative estimate of drug-likeness (QED) is 0.746. The molecule has 24 heavy (non-hydrogen) atoms. The molecule has 6 nitrogen and oxygen atoms in total. The van der Waals surface area contributed by atoms with Crippen LogP contribution in [0.5, 0.6) is 5.75 Å². The molecule has 0 radical (unpaired) electrons. The number of carbonyl (C=O) groups is 1. The van der Waals surface area contributed by atoms with Crippen LogP contribution in [-0.4, -0.2) is 21.9 Å². The van der Waals surface area contributed by atoms with Gasteiger partial charge in [-0.3, -0.25) is 0 Å². The highest BCUT2D eigenvalue weighted by molar-refractivity contribution is 7.00. The third-order valence-electron chi connectivity index (χ3n) is 3.73. The minimum atomic E-state index is -0.213. The number of benzene rings is 2. The van der Waals surface area contributed by atoms with E-state index in [-0.39, 0.29) is 12.1 Å². The molecule has 0 aliphatic heterocycles. The molecule has 3 aromatic rings. The van der Waals surface area contributed by atoms with Gasteiger partial charge in [-0.15, -0.1) is 0 Å². The van der Waals surface area contributed by atoms with Crippen LogP contribution in [-0.2, 0) is 6.54 Å². The van der Waals surface area contributed by atoms with Gasteiger partial charge in [0, 0.05) is 6.54 Å². The Morgan fingerprint density at radius 1 is 1.17 bits per heavy atom. The van der Waals surface area contributed by atoms with Crippen molar-refractivity contribution in [2.24, 2.45) is 0 Å². The molecule has 1 heterocycles. The number of rotatable bonds is 5. The molecule has 3 rings (SSSR count). The van der Waals surface area contributed by atoms with E-state index in [0.29, 0.717) is 6.54 Å². The summed E-state index contributed by atoms with van der Waals surface area (Å²) in [6.45, 7) is 2.38. The first-order chi connectivity index (χ1) is 11.7. The molecule has 0 bridgehead atoms. The molecule has 7 heteroatoms. The van der Waals surface area contributed by atoms with Crippen LogP contribution in [0.2, 0.25) is 0 Å². The largest absolute Gasteiger partial charge is 0.497 e. The van der Waals surface area contributed by atoms with Crippen molar-refractivity contribution in [3.63, 3.8) is 0 Å². The maximum absolute atomic E-state index is 12.1. The minimum absolute atomic E-state index is 0.0962. The lowest BCUT2D eigenvalue weighted by Crippen LogP contribution is -2.36. The van der Waals surface area contributed by atoms with Crippen molar-refractivity contribution < 1.29 is 9.53 Å². The maximum Gasteiger partial charge on any atom is 0.315 e. The van der Waals surface area contributed by atoms with Gasteiger partial charge in [-0.05, 0) is 42.3 Å². The van der Waals surface area contributed by atoms with Crippen molar-refractivity contribution in [3.05, 3.63) is 53.6 Å². The fourth-order valence-electron chi connectivity index (χ4n) is 2.34. The lowest BCUT2D eigenvalue weighted by molar-refractivity contribution is 0.237. The highest BCUT2D eigenvalue weighted by Crippen LogP contribution is 2.17. The molecule has 0 fully saturated rings. The normalized spacial score (nSPS) is 11.9. The van der Waals surface area contributed by atoms with Crippen LogP contribution >= 0.6 is 11.7 Å². The van der Waals surface area contributed by atoms with E-state index in [1.54, 1.807) is 7.11 Å². The van der Waals surface area contributed by atoms with Crippen molar-refractivity contribution in [1.82, 2.24) is 19.4 Å². The van der Waals surface area contributed by atoms with Crippen LogP contribution in [0, 0.1) is 0 Å². The monoisotopic (exact) mass is 342 g/mol. The summed E-state index contributed by atoms with van der Waals surface area (Å²) < 4.78 is 13.5. The van der Waals surface area contributed by atoms with Crippen molar-refractivity contribution in [2.45, 2.75) is 19.5 Å². The third kappa shape index (κ3) is 3.80. The van der Waals surface area contributed by atoms with E-state index in [0.717, 1.165) is 27.9 Å². The Balaban J connectivity index is 1.54. The molecule has 0 unspecified atom stereocenters. The van der Waals surface area contributed by atoms with Gasteiger partial charge in [0.1, 0.15) is 16.8 Å². The number of hydrogen-bond acceptors (Lipinski definition) is 5. The molecule has 0 saturated heterocycles. The Morgan fingerprint density at radius 3 is 2.67 bits per heavy atom. The van der Waals surface area contributed by atoms with Gasteiger partial charge in [0.25, 0.3) is 0 Å². The van der Waals surface area contributed by atoms with E-state index < -0.39 is 0 Å². The Bertz CT molecular complexity index is 832. The van der Waals surface area contributed by atoms with E-state index in [1.807, 2.05) is 49.4 Å². The van der Waals surface area contributed by atoms with Gasteiger partial charge in [0.15, 0.2) is 0 Å². The molecule has 0 saturated carbocycles. The minimum Gasteiger partial charge on any atom is -0.497 e. The van der Waals surface area contributed by atoms with E-state index in [1.165, 1.54) is 11.7 Å². The summed E-state index contributed by atoms with van der Waals surface area (Å²) in [5, 5.41) is 5.78. The van der Waals surface area contributed by atoms with E-state index in [4.69, 9.17) is 4.74 Å². The van der Waals surface area contributed by atoms with Gasteiger partial charge in [0.2, 0.25) is 0 Å². The van der Waals surface area contributed by atoms with Crippen LogP contribution in [0.1, 0.15) is 24.1 Å². The number of aromatic nitrogens is 2. The number of amides is 2. The Morgan fingerprint density at radius 2 is 1.92 bits per heavy atom. The lowest BCUT2D eigenvalue weighted by Gasteiger charge is -2.15. The van der Waals surface area contributed by atoms with Crippen molar-refractivity contribution in [3.8, 4) is 5.75 Å². The molecular weight excluding hydrogens is 324 g/mol. The smallest absolute Gasteiger partial charge is 0.315 e. The Labute approximate surface area is 144 Å². The summed E-state index contributed by atoms with van der Waals surface area (Å²) in [4.78, 5) is 12.1. The molecule has 0 spiro atoms. The van der Waals surface area contributed by atoms with E-state index in [9.17, 15) is 4.79 Å². The number of nitrogens with one attached hydrogen (secondary N) is 2. The first-order valence-electron chi connectivity index (χ1n) is 7.55. The highest BCUT2D eigenvalue weighted by atomic mass is 32.1. The standard InChI is InChI=1S/C17H18N4O2S/c1-11(13-4-6-14(23-2)7-5-13)19-17(22)18-10-12-3-8-15-16(9-12)21-24-20-15/h3-9,11H,10H2,1-2H3,(H2,18,19,22)/t11-/m1/s1. The van der Waals surface area contributed by atoms with Crippen LogP contribution in [0.3, 0.4) is 0 Å². The van der Waals surface area contributed by atoms with Crippen molar-refractivity contribution >= 4 is 28.8 Å². The predicted molar refractivity (Wildman–Crippen MR) is 94.2 cm³/mol. The molecule has 2 N–H and O–H groups in total. The fourth-order valence-corrected chi connectivity index (χ4v) is 2.86. The summed E-state index contributed by atoms with van der Waals surface area (Å²) in [5.41, 5.74) is 3.73. The second kappa shape index (κ2) is 7.27.